The molecule has 0 amide bonds. The number of piperidine rings is 1. The van der Waals surface area contributed by atoms with Crippen LogP contribution in [0.1, 0.15) is 18.4 Å². The number of benzene rings is 1. The number of rotatable bonds is 5. The third-order valence-electron chi connectivity index (χ3n) is 3.82. The second-order valence-corrected chi connectivity index (χ2v) is 5.34. The zero-order chi connectivity index (χ0) is 14.4. The highest BCUT2D eigenvalue weighted by atomic mass is 15.1. The van der Waals surface area contributed by atoms with Gasteiger partial charge in [0.25, 0.3) is 0 Å². The van der Waals surface area contributed by atoms with Gasteiger partial charge in [0.1, 0.15) is 0 Å². The molecule has 0 aromatic heterocycles. The number of azide groups is 1. The average Bonchev–Trinajstić information content (AvgIpc) is 2.47. The lowest BCUT2D eigenvalue weighted by Crippen LogP contribution is -2.34. The Morgan fingerprint density at radius 2 is 2.05 bits per heavy atom. The van der Waals surface area contributed by atoms with Crippen molar-refractivity contribution >= 4 is 11.4 Å². The smallest absolute Gasteiger partial charge is 0.0375 e. The van der Waals surface area contributed by atoms with Gasteiger partial charge in [-0.1, -0.05) is 36.0 Å². The Labute approximate surface area is 119 Å². The summed E-state index contributed by atoms with van der Waals surface area (Å²) >= 11 is 0. The van der Waals surface area contributed by atoms with Crippen molar-refractivity contribution in [2.75, 3.05) is 26.7 Å². The van der Waals surface area contributed by atoms with Gasteiger partial charge in [0.05, 0.1) is 0 Å². The second kappa shape index (κ2) is 6.98. The van der Waals surface area contributed by atoms with Crippen LogP contribution in [0.25, 0.3) is 16.1 Å². The van der Waals surface area contributed by atoms with Gasteiger partial charge in [-0.25, -0.2) is 0 Å². The predicted octanol–water partition coefficient (Wildman–Crippen LogP) is 3.53. The third-order valence-corrected chi connectivity index (χ3v) is 3.82. The molecule has 2 rings (SSSR count). The van der Waals surface area contributed by atoms with Crippen molar-refractivity contribution in [3.63, 3.8) is 0 Å². The normalized spacial score (nSPS) is 16.4. The fourth-order valence-electron chi connectivity index (χ4n) is 2.42. The molecule has 0 bridgehead atoms. The van der Waals surface area contributed by atoms with E-state index in [0.717, 1.165) is 23.7 Å². The lowest BCUT2D eigenvalue weighted by molar-refractivity contribution is 0.220. The summed E-state index contributed by atoms with van der Waals surface area (Å²) in [6, 6.07) is 7.46. The summed E-state index contributed by atoms with van der Waals surface area (Å²) < 4.78 is 0. The SMILES string of the molecule is C=C(NCC1CCN(C)CC1)c1ccc(N=[N+]=[N-])cc1. The number of hydrogen-bond acceptors (Lipinski definition) is 3. The molecular formula is C15H21N5. The van der Waals surface area contributed by atoms with Gasteiger partial charge in [0.2, 0.25) is 0 Å². The van der Waals surface area contributed by atoms with Crippen LogP contribution < -0.4 is 5.32 Å². The van der Waals surface area contributed by atoms with E-state index < -0.39 is 0 Å². The molecule has 0 atom stereocenters. The quantitative estimate of drug-likeness (QED) is 0.506. The topological polar surface area (TPSA) is 64.0 Å². The Kier molecular flexibility index (Phi) is 5.04. The van der Waals surface area contributed by atoms with Crippen LogP contribution in [0.5, 0.6) is 0 Å². The molecule has 5 nitrogen and oxygen atoms in total. The predicted molar refractivity (Wildman–Crippen MR) is 82.5 cm³/mol. The molecule has 0 unspecified atom stereocenters. The summed E-state index contributed by atoms with van der Waals surface area (Å²) in [5.41, 5.74) is 11.0. The molecule has 0 saturated carbocycles. The standard InChI is InChI=1S/C15H21N5/c1-12(14-3-5-15(6-4-14)18-19-16)17-11-13-7-9-20(2)10-8-13/h3-6,13,17H,1,7-11H2,2H3. The van der Waals surface area contributed by atoms with E-state index >= 15 is 0 Å². The number of likely N-dealkylation sites (tertiary alicyclic amines) is 1. The van der Waals surface area contributed by atoms with E-state index in [1.807, 2.05) is 12.1 Å². The summed E-state index contributed by atoms with van der Waals surface area (Å²) in [4.78, 5) is 5.14. The molecule has 0 radical (unpaired) electrons. The van der Waals surface area contributed by atoms with Gasteiger partial charge >= 0.3 is 0 Å². The van der Waals surface area contributed by atoms with Crippen molar-refractivity contribution in [1.29, 1.82) is 0 Å². The molecule has 1 aromatic rings. The minimum absolute atomic E-state index is 0.624. The van der Waals surface area contributed by atoms with Gasteiger partial charge in [-0.15, -0.1) is 0 Å². The van der Waals surface area contributed by atoms with Crippen molar-refractivity contribution in [3.05, 3.63) is 46.9 Å². The molecule has 1 saturated heterocycles. The van der Waals surface area contributed by atoms with Crippen LogP contribution >= 0.6 is 0 Å². The maximum Gasteiger partial charge on any atom is 0.0375 e. The lowest BCUT2D eigenvalue weighted by Gasteiger charge is -2.29. The first-order chi connectivity index (χ1) is 9.69. The molecule has 1 heterocycles. The monoisotopic (exact) mass is 271 g/mol. The molecular weight excluding hydrogens is 250 g/mol. The minimum atomic E-state index is 0.624. The summed E-state index contributed by atoms with van der Waals surface area (Å²) in [6.07, 6.45) is 2.49. The molecule has 20 heavy (non-hydrogen) atoms. The Bertz CT molecular complexity index is 494. The lowest BCUT2D eigenvalue weighted by atomic mass is 9.97. The van der Waals surface area contributed by atoms with Gasteiger partial charge in [0.15, 0.2) is 0 Å². The van der Waals surface area contributed by atoms with E-state index in [1.165, 1.54) is 25.9 Å². The van der Waals surface area contributed by atoms with Crippen LogP contribution in [0.4, 0.5) is 5.69 Å². The van der Waals surface area contributed by atoms with E-state index in [0.29, 0.717) is 5.69 Å². The molecule has 1 fully saturated rings. The fraction of sp³-hybridized carbons (Fsp3) is 0.467. The van der Waals surface area contributed by atoms with Crippen LogP contribution in [0.3, 0.4) is 0 Å². The number of nitrogens with zero attached hydrogens (tertiary/aromatic N) is 4. The van der Waals surface area contributed by atoms with Crippen LogP contribution in [0.2, 0.25) is 0 Å². The maximum atomic E-state index is 8.37. The first kappa shape index (κ1) is 14.4. The molecule has 1 N–H and O–H groups in total. The van der Waals surface area contributed by atoms with E-state index in [-0.39, 0.29) is 0 Å². The van der Waals surface area contributed by atoms with Gasteiger partial charge in [0, 0.05) is 22.8 Å². The third kappa shape index (κ3) is 4.02. The van der Waals surface area contributed by atoms with Crippen LogP contribution in [0.15, 0.2) is 36.0 Å². The minimum Gasteiger partial charge on any atom is -0.385 e. The van der Waals surface area contributed by atoms with Gasteiger partial charge in [-0.2, -0.15) is 0 Å². The molecule has 5 heteroatoms. The molecule has 106 valence electrons. The van der Waals surface area contributed by atoms with E-state index in [9.17, 15) is 0 Å². The van der Waals surface area contributed by atoms with Gasteiger partial charge in [-0.05, 0) is 50.0 Å². The Morgan fingerprint density at radius 3 is 2.65 bits per heavy atom. The molecule has 1 aliphatic rings. The van der Waals surface area contributed by atoms with Crippen LogP contribution in [-0.4, -0.2) is 31.6 Å². The fourth-order valence-corrected chi connectivity index (χ4v) is 2.42. The maximum absolute atomic E-state index is 8.37. The van der Waals surface area contributed by atoms with Gasteiger partial charge in [-0.3, -0.25) is 0 Å². The highest BCUT2D eigenvalue weighted by Crippen LogP contribution is 2.19. The summed E-state index contributed by atoms with van der Waals surface area (Å²) in [7, 11) is 2.17. The van der Waals surface area contributed by atoms with Gasteiger partial charge < -0.3 is 10.2 Å². The summed E-state index contributed by atoms with van der Waals surface area (Å²) in [5.74, 6) is 0.727. The molecule has 1 aliphatic heterocycles. The Morgan fingerprint density at radius 1 is 1.40 bits per heavy atom. The molecule has 0 spiro atoms. The number of hydrogen-bond donors (Lipinski definition) is 1. The highest BCUT2D eigenvalue weighted by Gasteiger charge is 2.16. The van der Waals surface area contributed by atoms with Crippen molar-refractivity contribution < 1.29 is 0 Å². The zero-order valence-electron chi connectivity index (χ0n) is 11.9. The average molecular weight is 271 g/mol. The van der Waals surface area contributed by atoms with Crippen molar-refractivity contribution in [1.82, 2.24) is 10.2 Å². The van der Waals surface area contributed by atoms with E-state index in [1.54, 1.807) is 12.1 Å². The Balaban J connectivity index is 1.83. The molecule has 1 aromatic carbocycles. The van der Waals surface area contributed by atoms with Crippen molar-refractivity contribution in [2.45, 2.75) is 12.8 Å². The van der Waals surface area contributed by atoms with E-state index in [4.69, 9.17) is 5.53 Å². The summed E-state index contributed by atoms with van der Waals surface area (Å²) in [6.45, 7) is 7.41. The molecule has 0 aliphatic carbocycles. The summed E-state index contributed by atoms with van der Waals surface area (Å²) in [5, 5.41) is 6.98. The Hall–Kier alpha value is -1.97. The van der Waals surface area contributed by atoms with Crippen LogP contribution in [0, 0.1) is 5.92 Å². The van der Waals surface area contributed by atoms with Crippen molar-refractivity contribution in [3.8, 4) is 0 Å². The van der Waals surface area contributed by atoms with Crippen LogP contribution in [-0.2, 0) is 0 Å². The second-order valence-electron chi connectivity index (χ2n) is 5.34. The number of nitrogens with one attached hydrogen (secondary N) is 1. The van der Waals surface area contributed by atoms with E-state index in [2.05, 4.69) is 33.9 Å². The largest absolute Gasteiger partial charge is 0.385 e. The van der Waals surface area contributed by atoms with Crippen molar-refractivity contribution in [2.24, 2.45) is 11.0 Å². The first-order valence-electron chi connectivity index (χ1n) is 6.96. The first-order valence-corrected chi connectivity index (χ1v) is 6.96. The zero-order valence-corrected chi connectivity index (χ0v) is 11.9. The highest BCUT2D eigenvalue weighted by molar-refractivity contribution is 5.63.